The Bertz CT molecular complexity index is 2350. The predicted molar refractivity (Wildman–Crippen MR) is 239 cm³/mol. The Labute approximate surface area is 359 Å². The number of likely N-dealkylation sites (N-methyl/N-ethyl adjacent to an activating group) is 1. The first-order chi connectivity index (χ1) is 29.5. The highest BCUT2D eigenvalue weighted by Crippen LogP contribution is 2.32. The lowest BCUT2D eigenvalue weighted by Gasteiger charge is -2.45. The van der Waals surface area contributed by atoms with Gasteiger partial charge in [0.25, 0.3) is 5.91 Å². The number of piperazine rings is 1. The van der Waals surface area contributed by atoms with Crippen LogP contribution < -0.4 is 15.5 Å². The summed E-state index contributed by atoms with van der Waals surface area (Å²) in [4.78, 5) is 41.0. The van der Waals surface area contributed by atoms with Gasteiger partial charge in [-0.15, -0.1) is 0 Å². The Kier molecular flexibility index (Phi) is 13.8. The number of pyridine rings is 2. The number of aldehydes is 1. The molecule has 61 heavy (non-hydrogen) atoms. The number of amides is 1. The van der Waals surface area contributed by atoms with E-state index in [0.29, 0.717) is 40.1 Å². The van der Waals surface area contributed by atoms with Crippen molar-refractivity contribution >= 4 is 34.7 Å². The molecular formula is C47H61N11O3. The Morgan fingerprint density at radius 3 is 2.36 bits per heavy atom. The fourth-order valence-electron chi connectivity index (χ4n) is 9.38. The van der Waals surface area contributed by atoms with E-state index in [-0.39, 0.29) is 11.8 Å². The number of anilines is 2. The molecule has 3 aliphatic rings. The molecule has 8 rings (SSSR count). The standard InChI is InChI=1S/C28H45N5O.C19H16N6O2/c1-22(29-3)26(10-7-21-34)27-11-12-28(23(2)30-27)33-15-13-25(14-16-33)32-19-17-31(18-20-32)24-8-5-4-6-9-24;1-19(2,27)14-8-17-21-5-6-24(17)11-15(14)23-18(26)16-4-3-13-7-12(9-20)10-22-25(13)16/h11-12,21,24-26,29H,1,4-10,13-20H2,2-3H3;3-8,10-11,27H,1-2H3,(H,23,26). The molecule has 1 saturated carbocycles. The summed E-state index contributed by atoms with van der Waals surface area (Å²) in [7, 11) is 1.89. The van der Waals surface area contributed by atoms with Crippen molar-refractivity contribution < 1.29 is 14.7 Å². The number of aryl methyl sites for hydroxylation is 1. The molecule has 0 bridgehead atoms. The van der Waals surface area contributed by atoms with Gasteiger partial charge in [0.05, 0.1) is 39.9 Å². The van der Waals surface area contributed by atoms with Crippen LogP contribution in [0.5, 0.6) is 0 Å². The summed E-state index contributed by atoms with van der Waals surface area (Å²) in [5, 5.41) is 29.6. The second-order valence-electron chi connectivity index (χ2n) is 17.2. The molecule has 14 nitrogen and oxygen atoms in total. The normalized spacial score (nSPS) is 17.7. The van der Waals surface area contributed by atoms with E-state index in [9.17, 15) is 14.7 Å². The maximum Gasteiger partial charge on any atom is 0.274 e. The third-order valence-corrected chi connectivity index (χ3v) is 12.8. The van der Waals surface area contributed by atoms with Crippen LogP contribution in [0, 0.1) is 18.3 Å². The van der Waals surface area contributed by atoms with Gasteiger partial charge in [0.1, 0.15) is 23.7 Å². The number of nitrogens with one attached hydrogen (secondary N) is 2. The van der Waals surface area contributed by atoms with Crippen LogP contribution in [0.15, 0.2) is 73.5 Å². The van der Waals surface area contributed by atoms with E-state index in [1.807, 2.05) is 13.1 Å². The molecule has 1 atom stereocenters. The third kappa shape index (κ3) is 10.1. The van der Waals surface area contributed by atoms with Gasteiger partial charge in [-0.3, -0.25) is 19.6 Å². The number of hydrogen-bond acceptors (Lipinski definition) is 11. The van der Waals surface area contributed by atoms with E-state index in [2.05, 4.69) is 61.1 Å². The first-order valence-electron chi connectivity index (χ1n) is 21.9. The molecule has 7 heterocycles. The highest BCUT2D eigenvalue weighted by atomic mass is 16.3. The van der Waals surface area contributed by atoms with Crippen molar-refractivity contribution in [1.82, 2.24) is 39.1 Å². The van der Waals surface area contributed by atoms with E-state index in [4.69, 9.17) is 10.2 Å². The van der Waals surface area contributed by atoms with E-state index >= 15 is 0 Å². The number of nitriles is 1. The smallest absolute Gasteiger partial charge is 0.274 e. The molecule has 2 aliphatic heterocycles. The maximum absolute atomic E-state index is 12.9. The van der Waals surface area contributed by atoms with Crippen LogP contribution in [0.3, 0.4) is 0 Å². The van der Waals surface area contributed by atoms with Crippen LogP contribution in [0.25, 0.3) is 11.2 Å². The maximum atomic E-state index is 12.9. The first-order valence-corrected chi connectivity index (χ1v) is 21.9. The van der Waals surface area contributed by atoms with Crippen molar-refractivity contribution in [3.63, 3.8) is 0 Å². The van der Waals surface area contributed by atoms with Gasteiger partial charge in [-0.05, 0) is 89.3 Å². The van der Waals surface area contributed by atoms with Crippen LogP contribution in [-0.2, 0) is 10.4 Å². The van der Waals surface area contributed by atoms with E-state index in [0.717, 1.165) is 55.0 Å². The number of imidazole rings is 1. The largest absolute Gasteiger partial charge is 0.391 e. The van der Waals surface area contributed by atoms with Gasteiger partial charge in [0.2, 0.25) is 0 Å². The summed E-state index contributed by atoms with van der Waals surface area (Å²) in [6, 6.07) is 14.7. The number of piperidine rings is 1. The minimum absolute atomic E-state index is 0.0703. The molecule has 5 aromatic heterocycles. The van der Waals surface area contributed by atoms with Crippen molar-refractivity contribution in [3.8, 4) is 6.07 Å². The molecule has 1 unspecified atom stereocenters. The topological polar surface area (TPSA) is 159 Å². The molecule has 14 heteroatoms. The molecule has 1 aliphatic carbocycles. The third-order valence-electron chi connectivity index (χ3n) is 12.8. The number of hydrogen-bond donors (Lipinski definition) is 3. The highest BCUT2D eigenvalue weighted by molar-refractivity contribution is 6.04. The molecule has 5 aromatic rings. The average molecular weight is 828 g/mol. The SMILES string of the molecule is C=C(NC)C(CCC=O)c1ccc(N2CCC(N3CCN(C4CCCCC4)CC3)CC2)c(C)n1.CC(C)(O)c1cc2nccn2cc1NC(=O)c1ccc2cc(C#N)cnn12. The van der Waals surface area contributed by atoms with E-state index in [1.165, 1.54) is 87.5 Å². The Hall–Kier alpha value is -5.62. The summed E-state index contributed by atoms with van der Waals surface area (Å²) in [5.41, 5.74) is 6.18. The second-order valence-corrected chi connectivity index (χ2v) is 17.2. The second kappa shape index (κ2) is 19.4. The molecule has 322 valence electrons. The molecule has 3 N–H and O–H groups in total. The van der Waals surface area contributed by atoms with Gasteiger partial charge in [-0.2, -0.15) is 10.4 Å². The Balaban J connectivity index is 0.000000189. The predicted octanol–water partition coefficient (Wildman–Crippen LogP) is 6.44. The summed E-state index contributed by atoms with van der Waals surface area (Å²) in [6.07, 6.45) is 18.4. The number of allylic oxidation sites excluding steroid dienone is 1. The highest BCUT2D eigenvalue weighted by Gasteiger charge is 2.31. The van der Waals surface area contributed by atoms with Crippen molar-refractivity contribution in [2.75, 3.05) is 56.5 Å². The minimum atomic E-state index is -1.17. The fourth-order valence-corrected chi connectivity index (χ4v) is 9.38. The van der Waals surface area contributed by atoms with Crippen LogP contribution in [0.4, 0.5) is 11.4 Å². The summed E-state index contributed by atoms with van der Waals surface area (Å²) in [5.74, 6) is -0.307. The molecular weight excluding hydrogens is 767 g/mol. The van der Waals surface area contributed by atoms with Crippen LogP contribution in [0.1, 0.15) is 111 Å². The number of carbonyl (C=O) groups excluding carboxylic acids is 2. The van der Waals surface area contributed by atoms with Crippen molar-refractivity contribution in [1.29, 1.82) is 5.26 Å². The Morgan fingerprint density at radius 2 is 1.72 bits per heavy atom. The summed E-state index contributed by atoms with van der Waals surface area (Å²) >= 11 is 0. The molecule has 3 fully saturated rings. The average Bonchev–Trinajstić information content (AvgIpc) is 3.93. The zero-order valence-corrected chi connectivity index (χ0v) is 36.2. The van der Waals surface area contributed by atoms with Crippen LogP contribution in [0.2, 0.25) is 0 Å². The van der Waals surface area contributed by atoms with Gasteiger partial charge < -0.3 is 29.8 Å². The van der Waals surface area contributed by atoms with Gasteiger partial charge >= 0.3 is 0 Å². The van der Waals surface area contributed by atoms with Gasteiger partial charge in [0, 0.05) is 106 Å². The lowest BCUT2D eigenvalue weighted by molar-refractivity contribution is -0.108. The zero-order chi connectivity index (χ0) is 43.1. The van der Waals surface area contributed by atoms with Crippen molar-refractivity contribution in [3.05, 3.63) is 102 Å². The number of carbonyl (C=O) groups is 2. The van der Waals surface area contributed by atoms with Crippen LogP contribution in [-0.4, -0.2) is 109 Å². The molecule has 0 spiro atoms. The van der Waals surface area contributed by atoms with Crippen molar-refractivity contribution in [2.45, 2.75) is 102 Å². The van der Waals surface area contributed by atoms with E-state index < -0.39 is 5.60 Å². The van der Waals surface area contributed by atoms with Gasteiger partial charge in [-0.25, -0.2) is 9.50 Å². The molecule has 2 saturated heterocycles. The fraction of sp³-hybridized carbons (Fsp3) is 0.489. The number of aromatic nitrogens is 5. The quantitative estimate of drug-likeness (QED) is 0.119. The van der Waals surface area contributed by atoms with Crippen molar-refractivity contribution in [2.24, 2.45) is 0 Å². The zero-order valence-electron chi connectivity index (χ0n) is 36.2. The van der Waals surface area contributed by atoms with Gasteiger partial charge in [-0.1, -0.05) is 25.8 Å². The number of fused-ring (bicyclic) bond motifs is 2. The number of aliphatic hydroxyl groups is 1. The molecule has 1 amide bonds. The lowest BCUT2D eigenvalue weighted by Crippen LogP contribution is -2.55. The van der Waals surface area contributed by atoms with Crippen LogP contribution >= 0.6 is 0 Å². The monoisotopic (exact) mass is 827 g/mol. The summed E-state index contributed by atoms with van der Waals surface area (Å²) < 4.78 is 3.23. The summed E-state index contributed by atoms with van der Waals surface area (Å²) in [6.45, 7) is 16.8. The van der Waals surface area contributed by atoms with E-state index in [1.54, 1.807) is 61.1 Å². The Morgan fingerprint density at radius 1 is 1.02 bits per heavy atom. The lowest BCUT2D eigenvalue weighted by atomic mass is 9.93. The number of nitrogens with zero attached hydrogens (tertiary/aromatic N) is 9. The molecule has 0 radical (unpaired) electrons. The van der Waals surface area contributed by atoms with Gasteiger partial charge in [0.15, 0.2) is 0 Å². The minimum Gasteiger partial charge on any atom is -0.391 e. The molecule has 0 aromatic carbocycles. The first kappa shape index (κ1) is 43.5. The number of rotatable bonds is 12.